The molecule has 0 heteroatoms. The SMILES string of the molecule is [CH2]C(C)Cc1ccccc1. The fraction of sp³-hybridized carbons (Fsp3) is 0.300. The summed E-state index contributed by atoms with van der Waals surface area (Å²) in [6, 6.07) is 10.5. The Morgan fingerprint density at radius 1 is 1.30 bits per heavy atom. The van der Waals surface area contributed by atoms with E-state index in [-0.39, 0.29) is 0 Å². The number of benzene rings is 1. The molecule has 1 aromatic rings. The third kappa shape index (κ3) is 2.22. The molecule has 0 heterocycles. The van der Waals surface area contributed by atoms with E-state index in [9.17, 15) is 0 Å². The van der Waals surface area contributed by atoms with Crippen LogP contribution in [0.3, 0.4) is 0 Å². The van der Waals surface area contributed by atoms with Gasteiger partial charge in [0.2, 0.25) is 0 Å². The van der Waals surface area contributed by atoms with Crippen LogP contribution in [0.4, 0.5) is 0 Å². The molecule has 0 aliphatic carbocycles. The van der Waals surface area contributed by atoms with Crippen molar-refractivity contribution >= 4 is 0 Å². The Morgan fingerprint density at radius 3 is 2.40 bits per heavy atom. The zero-order chi connectivity index (χ0) is 7.40. The molecular formula is C10H13. The minimum atomic E-state index is 0.516. The monoisotopic (exact) mass is 133 g/mol. The maximum atomic E-state index is 3.93. The van der Waals surface area contributed by atoms with Crippen LogP contribution in [0.1, 0.15) is 12.5 Å². The molecule has 0 nitrogen and oxygen atoms in total. The van der Waals surface area contributed by atoms with Crippen molar-refractivity contribution in [2.75, 3.05) is 0 Å². The lowest BCUT2D eigenvalue weighted by Gasteiger charge is -2.02. The van der Waals surface area contributed by atoms with Crippen LogP contribution >= 0.6 is 0 Å². The Hall–Kier alpha value is -0.780. The van der Waals surface area contributed by atoms with Gasteiger partial charge in [0.1, 0.15) is 0 Å². The highest BCUT2D eigenvalue weighted by Crippen LogP contribution is 2.05. The first-order chi connectivity index (χ1) is 4.79. The highest BCUT2D eigenvalue weighted by molar-refractivity contribution is 5.15. The Kier molecular flexibility index (Phi) is 2.49. The predicted molar refractivity (Wildman–Crippen MR) is 44.7 cm³/mol. The average molecular weight is 133 g/mol. The Balaban J connectivity index is 2.59. The van der Waals surface area contributed by atoms with Gasteiger partial charge in [-0.2, -0.15) is 0 Å². The van der Waals surface area contributed by atoms with Gasteiger partial charge in [-0.3, -0.25) is 0 Å². The normalized spacial score (nSPS) is 10.3. The Labute approximate surface area is 62.9 Å². The minimum Gasteiger partial charge on any atom is -0.0622 e. The Morgan fingerprint density at radius 2 is 1.90 bits per heavy atom. The quantitative estimate of drug-likeness (QED) is 0.582. The molecule has 0 aromatic heterocycles. The van der Waals surface area contributed by atoms with E-state index in [4.69, 9.17) is 0 Å². The van der Waals surface area contributed by atoms with Crippen molar-refractivity contribution < 1.29 is 0 Å². The molecule has 0 saturated carbocycles. The molecule has 10 heavy (non-hydrogen) atoms. The van der Waals surface area contributed by atoms with Crippen molar-refractivity contribution in [2.45, 2.75) is 13.3 Å². The molecule has 0 amide bonds. The average Bonchev–Trinajstić information content (AvgIpc) is 1.88. The fourth-order valence-corrected chi connectivity index (χ4v) is 1.02. The van der Waals surface area contributed by atoms with Gasteiger partial charge < -0.3 is 0 Å². The van der Waals surface area contributed by atoms with Crippen molar-refractivity contribution in [3.8, 4) is 0 Å². The van der Waals surface area contributed by atoms with E-state index in [0.29, 0.717) is 5.92 Å². The molecule has 0 saturated heterocycles. The topological polar surface area (TPSA) is 0 Å². The lowest BCUT2D eigenvalue weighted by atomic mass is 10.0. The third-order valence-electron chi connectivity index (χ3n) is 1.43. The molecule has 1 rings (SSSR count). The zero-order valence-electron chi connectivity index (χ0n) is 6.38. The first kappa shape index (κ1) is 7.33. The van der Waals surface area contributed by atoms with Gasteiger partial charge in [-0.25, -0.2) is 0 Å². The van der Waals surface area contributed by atoms with Crippen LogP contribution < -0.4 is 0 Å². The Bertz CT molecular complexity index is 174. The second kappa shape index (κ2) is 3.40. The summed E-state index contributed by atoms with van der Waals surface area (Å²) in [5, 5.41) is 0. The first-order valence-electron chi connectivity index (χ1n) is 3.66. The summed E-state index contributed by atoms with van der Waals surface area (Å²) in [5.74, 6) is 0.516. The summed E-state index contributed by atoms with van der Waals surface area (Å²) in [6.07, 6.45) is 1.08. The van der Waals surface area contributed by atoms with Crippen LogP contribution in [0.5, 0.6) is 0 Å². The van der Waals surface area contributed by atoms with Crippen LogP contribution in [0.25, 0.3) is 0 Å². The van der Waals surface area contributed by atoms with Crippen molar-refractivity contribution in [1.29, 1.82) is 0 Å². The van der Waals surface area contributed by atoms with Gasteiger partial charge in [-0.15, -0.1) is 0 Å². The zero-order valence-corrected chi connectivity index (χ0v) is 6.38. The summed E-state index contributed by atoms with van der Waals surface area (Å²) in [7, 11) is 0. The van der Waals surface area contributed by atoms with Gasteiger partial charge in [0.15, 0.2) is 0 Å². The summed E-state index contributed by atoms with van der Waals surface area (Å²) in [4.78, 5) is 0. The summed E-state index contributed by atoms with van der Waals surface area (Å²) < 4.78 is 0. The van der Waals surface area contributed by atoms with E-state index < -0.39 is 0 Å². The minimum absolute atomic E-state index is 0.516. The second-order valence-corrected chi connectivity index (χ2v) is 2.79. The van der Waals surface area contributed by atoms with E-state index in [1.54, 1.807) is 0 Å². The molecule has 0 aliphatic heterocycles. The third-order valence-corrected chi connectivity index (χ3v) is 1.43. The standard InChI is InChI=1S/C10H13/c1-9(2)8-10-6-4-3-5-7-10/h3-7,9H,1,8H2,2H3. The van der Waals surface area contributed by atoms with E-state index in [1.807, 2.05) is 6.07 Å². The number of hydrogen-bond acceptors (Lipinski definition) is 0. The van der Waals surface area contributed by atoms with E-state index in [0.717, 1.165) is 6.42 Å². The van der Waals surface area contributed by atoms with E-state index in [1.165, 1.54) is 5.56 Å². The maximum Gasteiger partial charge on any atom is -0.0253 e. The van der Waals surface area contributed by atoms with E-state index in [2.05, 4.69) is 38.1 Å². The maximum absolute atomic E-state index is 3.93. The molecule has 0 spiro atoms. The summed E-state index contributed by atoms with van der Waals surface area (Å²) in [6.45, 7) is 6.07. The second-order valence-electron chi connectivity index (χ2n) is 2.79. The summed E-state index contributed by atoms with van der Waals surface area (Å²) in [5.41, 5.74) is 1.38. The van der Waals surface area contributed by atoms with Gasteiger partial charge in [0, 0.05) is 0 Å². The lowest BCUT2D eigenvalue weighted by Crippen LogP contribution is -1.92. The molecule has 0 fully saturated rings. The van der Waals surface area contributed by atoms with Crippen LogP contribution in [0, 0.1) is 12.8 Å². The molecule has 1 radical (unpaired) electrons. The van der Waals surface area contributed by atoms with Gasteiger partial charge in [0.25, 0.3) is 0 Å². The number of hydrogen-bond donors (Lipinski definition) is 0. The van der Waals surface area contributed by atoms with Crippen molar-refractivity contribution in [3.05, 3.63) is 42.8 Å². The smallest absolute Gasteiger partial charge is 0.0253 e. The predicted octanol–water partition coefficient (Wildman–Crippen LogP) is 2.70. The van der Waals surface area contributed by atoms with Crippen LogP contribution in [0.15, 0.2) is 30.3 Å². The van der Waals surface area contributed by atoms with Crippen LogP contribution in [0.2, 0.25) is 0 Å². The highest BCUT2D eigenvalue weighted by Gasteiger charge is 1.94. The molecule has 0 aliphatic rings. The van der Waals surface area contributed by atoms with E-state index >= 15 is 0 Å². The largest absolute Gasteiger partial charge is 0.0622 e. The van der Waals surface area contributed by atoms with Crippen molar-refractivity contribution in [2.24, 2.45) is 5.92 Å². The molecule has 53 valence electrons. The molecule has 1 aromatic carbocycles. The first-order valence-corrected chi connectivity index (χ1v) is 3.66. The molecule has 0 N–H and O–H groups in total. The molecule has 1 unspecified atom stereocenters. The van der Waals surface area contributed by atoms with Crippen LogP contribution in [-0.4, -0.2) is 0 Å². The van der Waals surface area contributed by atoms with Gasteiger partial charge >= 0.3 is 0 Å². The van der Waals surface area contributed by atoms with Crippen molar-refractivity contribution in [3.63, 3.8) is 0 Å². The summed E-state index contributed by atoms with van der Waals surface area (Å²) >= 11 is 0. The van der Waals surface area contributed by atoms with Gasteiger partial charge in [-0.1, -0.05) is 44.2 Å². The van der Waals surface area contributed by atoms with Crippen molar-refractivity contribution in [1.82, 2.24) is 0 Å². The van der Waals surface area contributed by atoms with Crippen LogP contribution in [-0.2, 0) is 6.42 Å². The molecule has 1 atom stereocenters. The van der Waals surface area contributed by atoms with Gasteiger partial charge in [-0.05, 0) is 17.9 Å². The fourth-order valence-electron chi connectivity index (χ4n) is 1.02. The highest BCUT2D eigenvalue weighted by atomic mass is 14.0. The molecule has 0 bridgehead atoms. The molecular weight excluding hydrogens is 120 g/mol. The lowest BCUT2D eigenvalue weighted by molar-refractivity contribution is 0.719. The van der Waals surface area contributed by atoms with Gasteiger partial charge in [0.05, 0.1) is 0 Å². The number of rotatable bonds is 2.